The molecule has 11 unspecified atom stereocenters. The number of nitrogens with zero attached hydrogens (tertiary/aromatic N) is 7. The second-order valence-corrected chi connectivity index (χ2v) is 17.9. The van der Waals surface area contributed by atoms with Gasteiger partial charge in [-0.2, -0.15) is 4.98 Å². The number of aromatic amines is 1. The number of aliphatic hydroxyl groups is 1. The van der Waals surface area contributed by atoms with Gasteiger partial charge in [0.2, 0.25) is 0 Å². The summed E-state index contributed by atoms with van der Waals surface area (Å²) in [6.45, 7) is -0.992. The third-order valence-electron chi connectivity index (χ3n) is 9.63. The summed E-state index contributed by atoms with van der Waals surface area (Å²) in [4.78, 5) is 94.8. The maximum Gasteiger partial charge on any atom is 0.472 e. The van der Waals surface area contributed by atoms with Crippen molar-refractivity contribution in [2.45, 2.75) is 81.5 Å². The molecule has 334 valence electrons. The number of imidazole rings is 1. The first-order chi connectivity index (χ1) is 28.6. The van der Waals surface area contributed by atoms with E-state index in [9.17, 15) is 52.8 Å². The molecule has 11 atom stereocenters. The Labute approximate surface area is 340 Å². The average molecular weight is 925 g/mol. The van der Waals surface area contributed by atoms with E-state index >= 15 is 0 Å². The molecule has 0 saturated carbocycles. The van der Waals surface area contributed by atoms with E-state index in [4.69, 9.17) is 43.8 Å². The SMILES string of the molecule is Cc1cn(C2CC(O)C(COP(=O)(O)OC3CC(n4cnc5c(N)ncnc54)OC3COP(=O)(O)OC3CC(n4ccc(N)nc4=O)OC3COP(=O)(O)O)O2)c(=O)[nH]c1=O. The molecule has 29 nitrogen and oxygen atoms in total. The zero-order chi connectivity index (χ0) is 44.0. The highest BCUT2D eigenvalue weighted by atomic mass is 31.2. The summed E-state index contributed by atoms with van der Waals surface area (Å²) in [6, 6.07) is 1.26. The molecule has 0 bridgehead atoms. The molecule has 10 N–H and O–H groups in total. The molecule has 4 aromatic rings. The number of rotatable bonds is 16. The van der Waals surface area contributed by atoms with Gasteiger partial charge in [-0.15, -0.1) is 0 Å². The van der Waals surface area contributed by atoms with Gasteiger partial charge in [0.1, 0.15) is 66.9 Å². The molecule has 32 heteroatoms. The number of phosphoric ester groups is 3. The number of nitrogen functional groups attached to an aromatic ring is 2. The highest BCUT2D eigenvalue weighted by Gasteiger charge is 2.47. The molecule has 0 radical (unpaired) electrons. The van der Waals surface area contributed by atoms with Crippen molar-refractivity contribution in [3.8, 4) is 0 Å². The summed E-state index contributed by atoms with van der Waals surface area (Å²) in [6.07, 6.45) is -7.60. The van der Waals surface area contributed by atoms with Crippen molar-refractivity contribution < 1.29 is 75.2 Å². The fourth-order valence-corrected chi connectivity index (χ4v) is 9.00. The summed E-state index contributed by atoms with van der Waals surface area (Å²) in [5, 5.41) is 10.6. The third kappa shape index (κ3) is 10.6. The Morgan fingerprint density at radius 3 is 2.00 bits per heavy atom. The molecule has 61 heavy (non-hydrogen) atoms. The lowest BCUT2D eigenvalue weighted by molar-refractivity contribution is -0.0607. The average Bonchev–Trinajstić information content (AvgIpc) is 3.96. The summed E-state index contributed by atoms with van der Waals surface area (Å²) in [7, 11) is -15.4. The van der Waals surface area contributed by atoms with E-state index in [0.29, 0.717) is 0 Å². The Balaban J connectivity index is 1.05. The molecule has 0 aromatic carbocycles. The molecule has 3 aliphatic heterocycles. The molecule has 3 aliphatic rings. The van der Waals surface area contributed by atoms with Crippen molar-refractivity contribution in [2.75, 3.05) is 31.3 Å². The number of anilines is 2. The smallest absolute Gasteiger partial charge is 0.390 e. The fourth-order valence-electron chi connectivity index (χ4n) is 6.73. The zero-order valence-corrected chi connectivity index (χ0v) is 34.1. The van der Waals surface area contributed by atoms with Crippen LogP contribution in [0.15, 0.2) is 45.5 Å². The monoisotopic (exact) mass is 924 g/mol. The van der Waals surface area contributed by atoms with Gasteiger partial charge in [-0.25, -0.2) is 38.2 Å². The normalized spacial score (nSPS) is 28.9. The minimum atomic E-state index is -5.21. The Kier molecular flexibility index (Phi) is 12.9. The summed E-state index contributed by atoms with van der Waals surface area (Å²) in [5.41, 5.74) is 9.73. The summed E-state index contributed by atoms with van der Waals surface area (Å²) < 4.78 is 84.9. The second kappa shape index (κ2) is 17.6. The van der Waals surface area contributed by atoms with Gasteiger partial charge >= 0.3 is 34.8 Å². The Morgan fingerprint density at radius 2 is 1.38 bits per heavy atom. The second-order valence-electron chi connectivity index (χ2n) is 13.9. The summed E-state index contributed by atoms with van der Waals surface area (Å²) in [5.74, 6) is -0.0866. The highest BCUT2D eigenvalue weighted by molar-refractivity contribution is 7.47. The third-order valence-corrected chi connectivity index (χ3v) is 12.1. The predicted molar refractivity (Wildman–Crippen MR) is 200 cm³/mol. The number of aromatic nitrogens is 8. The molecular weight excluding hydrogens is 885 g/mol. The molecule has 3 fully saturated rings. The number of hydrogen-bond acceptors (Lipinski definition) is 21. The fraction of sp³-hybridized carbons (Fsp3) is 0.552. The van der Waals surface area contributed by atoms with Crippen molar-refractivity contribution in [1.82, 2.24) is 38.6 Å². The van der Waals surface area contributed by atoms with Gasteiger partial charge in [0, 0.05) is 37.2 Å². The van der Waals surface area contributed by atoms with E-state index in [-0.39, 0.29) is 47.6 Å². The van der Waals surface area contributed by atoms with E-state index in [1.54, 1.807) is 0 Å². The van der Waals surface area contributed by atoms with Crippen LogP contribution in [-0.2, 0) is 50.5 Å². The van der Waals surface area contributed by atoms with Gasteiger partial charge in [-0.3, -0.25) is 46.1 Å². The van der Waals surface area contributed by atoms with Crippen molar-refractivity contribution in [2.24, 2.45) is 0 Å². The van der Waals surface area contributed by atoms with Crippen LogP contribution in [0.5, 0.6) is 0 Å². The topological polar surface area (TPSA) is 412 Å². The van der Waals surface area contributed by atoms with E-state index in [0.717, 1.165) is 15.5 Å². The van der Waals surface area contributed by atoms with Crippen LogP contribution in [0, 0.1) is 6.92 Å². The number of hydrogen-bond donors (Lipinski definition) is 8. The molecule has 7 heterocycles. The van der Waals surface area contributed by atoms with Crippen LogP contribution in [0.25, 0.3) is 11.2 Å². The molecule has 7 rings (SSSR count). The van der Waals surface area contributed by atoms with Gasteiger partial charge in [0.05, 0.1) is 32.3 Å². The van der Waals surface area contributed by atoms with E-state index in [1.165, 1.54) is 36.3 Å². The van der Waals surface area contributed by atoms with Crippen LogP contribution in [0.1, 0.15) is 43.5 Å². The van der Waals surface area contributed by atoms with E-state index < -0.39 is 116 Å². The van der Waals surface area contributed by atoms with Crippen LogP contribution in [0.3, 0.4) is 0 Å². The molecular formula is C29H39N10O19P3. The predicted octanol–water partition coefficient (Wildman–Crippen LogP) is -1.56. The Hall–Kier alpha value is -4.12. The Morgan fingerprint density at radius 1 is 0.803 bits per heavy atom. The van der Waals surface area contributed by atoms with Gasteiger partial charge in [-0.05, 0) is 13.0 Å². The highest BCUT2D eigenvalue weighted by Crippen LogP contribution is 2.52. The number of ether oxygens (including phenoxy) is 3. The number of fused-ring (bicyclic) bond motifs is 1. The van der Waals surface area contributed by atoms with Crippen molar-refractivity contribution in [3.05, 3.63) is 68.0 Å². The zero-order valence-electron chi connectivity index (χ0n) is 31.4. The Bertz CT molecular complexity index is 2580. The van der Waals surface area contributed by atoms with Crippen molar-refractivity contribution >= 4 is 46.3 Å². The van der Waals surface area contributed by atoms with Gasteiger partial charge in [-0.1, -0.05) is 0 Å². The van der Waals surface area contributed by atoms with E-state index in [1.807, 2.05) is 0 Å². The van der Waals surface area contributed by atoms with Crippen LogP contribution in [0.4, 0.5) is 11.6 Å². The van der Waals surface area contributed by atoms with Gasteiger partial charge in [0.25, 0.3) is 5.56 Å². The number of nitrogens with one attached hydrogen (secondary N) is 1. The lowest BCUT2D eigenvalue weighted by atomic mass is 10.2. The van der Waals surface area contributed by atoms with Crippen LogP contribution in [0.2, 0.25) is 0 Å². The van der Waals surface area contributed by atoms with Gasteiger partial charge < -0.3 is 50.4 Å². The van der Waals surface area contributed by atoms with Crippen LogP contribution in [-0.4, -0.2) is 120 Å². The molecule has 3 saturated heterocycles. The lowest BCUT2D eigenvalue weighted by Crippen LogP contribution is -2.33. The maximum absolute atomic E-state index is 13.4. The minimum absolute atomic E-state index is 0.0281. The molecule has 4 aromatic heterocycles. The lowest BCUT2D eigenvalue weighted by Gasteiger charge is -2.24. The van der Waals surface area contributed by atoms with Crippen LogP contribution >= 0.6 is 23.5 Å². The first kappa shape index (κ1) is 44.9. The minimum Gasteiger partial charge on any atom is -0.390 e. The van der Waals surface area contributed by atoms with Crippen LogP contribution < -0.4 is 28.4 Å². The number of aryl methyl sites for hydroxylation is 1. The van der Waals surface area contributed by atoms with Gasteiger partial charge in [0.15, 0.2) is 11.5 Å². The quantitative estimate of drug-likeness (QED) is 0.0589. The molecule has 0 amide bonds. The summed E-state index contributed by atoms with van der Waals surface area (Å²) >= 11 is 0. The number of nitrogens with two attached hydrogens (primary N) is 2. The largest absolute Gasteiger partial charge is 0.472 e. The first-order valence-electron chi connectivity index (χ1n) is 17.9. The maximum atomic E-state index is 13.4. The number of H-pyrrole nitrogens is 1. The number of phosphoric acid groups is 3. The standard InChI is InChI=1S/C29H39N10O19P3/c1-13-7-38(29(43)36-27(13)41)21-4-14(40)17(54-21)8-52-60(47,48)58-16-6-23(39-12-34-24-25(31)32-11-33-26(24)39)56-19(16)10-53-61(49,50)57-15-5-22(37-3-2-20(30)35-28(37)42)55-18(15)9-51-59(44,45)46/h2-3,7,11-12,14-19,21-23,40H,4-6,8-10H2,1H3,(H,47,48)(H,49,50)(H2,30,35,42)(H2,31,32,33)(H,36,41,43)(H2,44,45,46). The molecule has 0 aliphatic carbocycles. The number of aliphatic hydroxyl groups excluding tert-OH is 1. The van der Waals surface area contributed by atoms with Crippen molar-refractivity contribution in [1.29, 1.82) is 0 Å². The van der Waals surface area contributed by atoms with Crippen molar-refractivity contribution in [3.63, 3.8) is 0 Å². The first-order valence-corrected chi connectivity index (χ1v) is 22.4. The van der Waals surface area contributed by atoms with E-state index in [2.05, 4.69) is 29.4 Å². The molecule has 0 spiro atoms.